The minimum absolute atomic E-state index is 0.0669. The van der Waals surface area contributed by atoms with E-state index >= 15 is 0 Å². The zero-order chi connectivity index (χ0) is 21.7. The number of hydrogen-bond donors (Lipinski definition) is 2. The van der Waals surface area contributed by atoms with Gasteiger partial charge in [-0.1, -0.05) is 6.07 Å². The Labute approximate surface area is 171 Å². The maximum atomic E-state index is 12.3. The zero-order valence-corrected chi connectivity index (χ0v) is 16.3. The summed E-state index contributed by atoms with van der Waals surface area (Å²) in [6.45, 7) is 3.09. The van der Waals surface area contributed by atoms with Gasteiger partial charge in [-0.3, -0.25) is 19.7 Å². The molecule has 3 rings (SSSR count). The van der Waals surface area contributed by atoms with Crippen molar-refractivity contribution in [1.82, 2.24) is 0 Å². The number of hydrogen-bond acceptors (Lipinski definition) is 6. The number of furan rings is 1. The lowest BCUT2D eigenvalue weighted by molar-refractivity contribution is -0.386. The molecular formula is C21H19N3O6. The largest absolute Gasteiger partial charge is 0.479 e. The van der Waals surface area contributed by atoms with Crippen LogP contribution in [0.1, 0.15) is 28.8 Å². The Kier molecular flexibility index (Phi) is 6.11. The van der Waals surface area contributed by atoms with Crippen molar-refractivity contribution in [3.63, 3.8) is 0 Å². The van der Waals surface area contributed by atoms with Crippen LogP contribution in [0, 0.1) is 17.0 Å². The molecule has 0 aliphatic carbocycles. The molecule has 9 heteroatoms. The molecule has 2 N–H and O–H groups in total. The number of nitrogens with zero attached hydrogens (tertiary/aromatic N) is 1. The Morgan fingerprint density at radius 1 is 1.03 bits per heavy atom. The maximum absolute atomic E-state index is 12.3. The lowest BCUT2D eigenvalue weighted by atomic mass is 10.2. The summed E-state index contributed by atoms with van der Waals surface area (Å²) in [5.74, 6) is -0.121. The van der Waals surface area contributed by atoms with E-state index in [0.29, 0.717) is 17.1 Å². The number of nitro benzene ring substituents is 1. The number of carbonyl (C=O) groups is 2. The smallest absolute Gasteiger partial charge is 0.311 e. The Morgan fingerprint density at radius 2 is 1.70 bits per heavy atom. The van der Waals surface area contributed by atoms with Crippen LogP contribution < -0.4 is 15.4 Å². The fraction of sp³-hybridized carbons (Fsp3) is 0.143. The van der Waals surface area contributed by atoms with Crippen molar-refractivity contribution in [2.45, 2.75) is 20.5 Å². The summed E-state index contributed by atoms with van der Waals surface area (Å²) in [5.41, 5.74) is 1.75. The molecule has 0 radical (unpaired) electrons. The van der Waals surface area contributed by atoms with Crippen molar-refractivity contribution >= 4 is 28.9 Å². The highest BCUT2D eigenvalue weighted by atomic mass is 16.6. The van der Waals surface area contributed by atoms with E-state index in [1.807, 2.05) is 0 Å². The van der Waals surface area contributed by atoms with Gasteiger partial charge in [-0.15, -0.1) is 0 Å². The third kappa shape index (κ3) is 5.22. The topological polar surface area (TPSA) is 124 Å². The van der Waals surface area contributed by atoms with Crippen molar-refractivity contribution in [2.24, 2.45) is 0 Å². The number of nitrogens with one attached hydrogen (secondary N) is 2. The van der Waals surface area contributed by atoms with Gasteiger partial charge in [-0.2, -0.15) is 0 Å². The number of rotatable bonds is 7. The van der Waals surface area contributed by atoms with Gasteiger partial charge in [0.05, 0.1) is 4.92 Å². The van der Waals surface area contributed by atoms with E-state index in [1.54, 1.807) is 43.3 Å². The molecule has 0 saturated carbocycles. The summed E-state index contributed by atoms with van der Waals surface area (Å²) < 4.78 is 11.0. The molecule has 0 spiro atoms. The number of aryl methyl sites for hydroxylation is 1. The lowest BCUT2D eigenvalue weighted by Crippen LogP contribution is -2.11. The fourth-order valence-corrected chi connectivity index (χ4v) is 2.65. The van der Waals surface area contributed by atoms with Crippen LogP contribution in [0.5, 0.6) is 5.75 Å². The molecule has 0 atom stereocenters. The number of amides is 2. The minimum Gasteiger partial charge on any atom is -0.479 e. The second-order valence-corrected chi connectivity index (χ2v) is 6.50. The van der Waals surface area contributed by atoms with Crippen LogP contribution in [-0.4, -0.2) is 16.7 Å². The molecular weight excluding hydrogens is 390 g/mol. The monoisotopic (exact) mass is 409 g/mol. The highest BCUT2D eigenvalue weighted by Gasteiger charge is 2.17. The Bertz CT molecular complexity index is 1090. The molecule has 30 heavy (non-hydrogen) atoms. The van der Waals surface area contributed by atoms with Crippen LogP contribution >= 0.6 is 0 Å². The molecule has 0 aliphatic heterocycles. The predicted molar refractivity (Wildman–Crippen MR) is 110 cm³/mol. The molecule has 2 amide bonds. The first-order chi connectivity index (χ1) is 14.3. The van der Waals surface area contributed by atoms with E-state index in [0.717, 1.165) is 5.56 Å². The van der Waals surface area contributed by atoms with Crippen molar-refractivity contribution < 1.29 is 23.7 Å². The second-order valence-electron chi connectivity index (χ2n) is 6.50. The number of anilines is 2. The van der Waals surface area contributed by atoms with Crippen LogP contribution in [0.4, 0.5) is 17.1 Å². The SMILES string of the molecule is CC(=O)Nc1ccc(NC(=O)c2ccc(COc3ccc(C)cc3[N+](=O)[O-])o2)cc1. The van der Waals surface area contributed by atoms with E-state index in [9.17, 15) is 19.7 Å². The second kappa shape index (κ2) is 8.91. The van der Waals surface area contributed by atoms with E-state index in [-0.39, 0.29) is 29.7 Å². The number of nitro groups is 1. The van der Waals surface area contributed by atoms with E-state index in [4.69, 9.17) is 9.15 Å². The molecule has 0 saturated heterocycles. The van der Waals surface area contributed by atoms with Crippen LogP contribution in [0.2, 0.25) is 0 Å². The average molecular weight is 409 g/mol. The molecule has 2 aromatic carbocycles. The van der Waals surface area contributed by atoms with Crippen LogP contribution in [0.3, 0.4) is 0 Å². The first-order valence-electron chi connectivity index (χ1n) is 8.97. The maximum Gasteiger partial charge on any atom is 0.311 e. The molecule has 0 fully saturated rings. The molecule has 0 aliphatic rings. The number of carbonyl (C=O) groups excluding carboxylic acids is 2. The molecule has 154 valence electrons. The van der Waals surface area contributed by atoms with E-state index in [1.165, 1.54) is 25.1 Å². The summed E-state index contributed by atoms with van der Waals surface area (Å²) in [7, 11) is 0. The Hall–Kier alpha value is -4.14. The van der Waals surface area contributed by atoms with E-state index in [2.05, 4.69) is 10.6 Å². The lowest BCUT2D eigenvalue weighted by Gasteiger charge is -2.06. The standard InChI is InChI=1S/C21H19N3O6/c1-13-3-9-19(18(11-13)24(27)28)29-12-17-8-10-20(30-17)21(26)23-16-6-4-15(5-7-16)22-14(2)25/h3-11H,12H2,1-2H3,(H,22,25)(H,23,26). The van der Waals surface area contributed by atoms with Crippen LogP contribution in [0.25, 0.3) is 0 Å². The molecule has 0 unspecified atom stereocenters. The third-order valence-electron chi connectivity index (χ3n) is 4.03. The van der Waals surface area contributed by atoms with Gasteiger partial charge >= 0.3 is 5.69 Å². The first kappa shape index (κ1) is 20.6. The summed E-state index contributed by atoms with van der Waals surface area (Å²) in [4.78, 5) is 34.0. The predicted octanol–water partition coefficient (Wildman–Crippen LogP) is 4.29. The minimum atomic E-state index is -0.513. The van der Waals surface area contributed by atoms with Crippen molar-refractivity contribution in [1.29, 1.82) is 0 Å². The van der Waals surface area contributed by atoms with Crippen molar-refractivity contribution in [3.8, 4) is 5.75 Å². The molecule has 9 nitrogen and oxygen atoms in total. The van der Waals surface area contributed by atoms with Gasteiger partial charge in [-0.05, 0) is 55.0 Å². The highest BCUT2D eigenvalue weighted by Crippen LogP contribution is 2.28. The van der Waals surface area contributed by atoms with Gasteiger partial charge in [0.25, 0.3) is 5.91 Å². The molecule has 3 aromatic rings. The summed E-state index contributed by atoms with van der Waals surface area (Å²) in [6, 6.07) is 14.3. The van der Waals surface area contributed by atoms with Gasteiger partial charge < -0.3 is 19.8 Å². The van der Waals surface area contributed by atoms with Gasteiger partial charge in [0.15, 0.2) is 11.5 Å². The van der Waals surface area contributed by atoms with Crippen LogP contribution in [-0.2, 0) is 11.4 Å². The third-order valence-corrected chi connectivity index (χ3v) is 4.03. The quantitative estimate of drug-likeness (QED) is 0.443. The Balaban J connectivity index is 1.61. The van der Waals surface area contributed by atoms with Crippen molar-refractivity contribution in [3.05, 3.63) is 81.8 Å². The van der Waals surface area contributed by atoms with Gasteiger partial charge in [0.1, 0.15) is 12.4 Å². The Morgan fingerprint density at radius 3 is 2.33 bits per heavy atom. The van der Waals surface area contributed by atoms with Gasteiger partial charge in [0.2, 0.25) is 5.91 Å². The summed E-state index contributed by atoms with van der Waals surface area (Å²) >= 11 is 0. The molecule has 1 heterocycles. The molecule has 0 bridgehead atoms. The van der Waals surface area contributed by atoms with Gasteiger partial charge in [0, 0.05) is 24.4 Å². The summed E-state index contributed by atoms with van der Waals surface area (Å²) in [5, 5.41) is 16.5. The van der Waals surface area contributed by atoms with Crippen LogP contribution in [0.15, 0.2) is 59.0 Å². The van der Waals surface area contributed by atoms with Crippen molar-refractivity contribution in [2.75, 3.05) is 10.6 Å². The molecule has 1 aromatic heterocycles. The fourth-order valence-electron chi connectivity index (χ4n) is 2.65. The average Bonchev–Trinajstić information content (AvgIpc) is 3.17. The number of ether oxygens (including phenoxy) is 1. The number of benzene rings is 2. The van der Waals surface area contributed by atoms with Gasteiger partial charge in [-0.25, -0.2) is 0 Å². The highest BCUT2D eigenvalue weighted by molar-refractivity contribution is 6.02. The van der Waals surface area contributed by atoms with E-state index < -0.39 is 10.8 Å². The normalized spacial score (nSPS) is 10.3. The zero-order valence-electron chi connectivity index (χ0n) is 16.3. The summed E-state index contributed by atoms with van der Waals surface area (Å²) in [6.07, 6.45) is 0. The first-order valence-corrected chi connectivity index (χ1v) is 8.97.